The Morgan fingerprint density at radius 1 is 1.00 bits per heavy atom. The highest BCUT2D eigenvalue weighted by Crippen LogP contribution is 2.37. The number of benzene rings is 2. The fraction of sp³-hybridized carbons (Fsp3) is 0.143. The van der Waals surface area contributed by atoms with Crippen LogP contribution in [0.2, 0.25) is 15.1 Å². The standard InChI is InChI=1S/C14H12Cl3NO/c1-8(18)9-5-6-12(11(16)7-9)19-13-4-2-3-10(15)14(13)17/h2-8H,18H2,1H3/t8-/m0/s1. The van der Waals surface area contributed by atoms with Gasteiger partial charge in [0.25, 0.3) is 0 Å². The Balaban J connectivity index is 2.31. The van der Waals surface area contributed by atoms with E-state index in [-0.39, 0.29) is 6.04 Å². The zero-order valence-electron chi connectivity index (χ0n) is 10.2. The first-order chi connectivity index (χ1) is 8.99. The smallest absolute Gasteiger partial charge is 0.147 e. The quantitative estimate of drug-likeness (QED) is 0.816. The zero-order chi connectivity index (χ0) is 14.0. The fourth-order valence-corrected chi connectivity index (χ4v) is 2.12. The molecular formula is C14H12Cl3NO. The second-order valence-corrected chi connectivity index (χ2v) is 5.32. The first-order valence-electron chi connectivity index (χ1n) is 5.66. The molecule has 0 radical (unpaired) electrons. The van der Waals surface area contributed by atoms with Crippen molar-refractivity contribution in [1.29, 1.82) is 0 Å². The summed E-state index contributed by atoms with van der Waals surface area (Å²) in [6.07, 6.45) is 0. The van der Waals surface area contributed by atoms with Gasteiger partial charge in [0.2, 0.25) is 0 Å². The first-order valence-corrected chi connectivity index (χ1v) is 6.79. The van der Waals surface area contributed by atoms with Gasteiger partial charge in [-0.05, 0) is 36.8 Å². The van der Waals surface area contributed by atoms with Crippen LogP contribution in [0.25, 0.3) is 0 Å². The predicted molar refractivity (Wildman–Crippen MR) is 80.6 cm³/mol. The van der Waals surface area contributed by atoms with E-state index in [0.29, 0.717) is 26.6 Å². The van der Waals surface area contributed by atoms with Crippen LogP contribution in [0.15, 0.2) is 36.4 Å². The Morgan fingerprint density at radius 3 is 2.37 bits per heavy atom. The van der Waals surface area contributed by atoms with Crippen molar-refractivity contribution in [2.24, 2.45) is 5.73 Å². The molecule has 0 spiro atoms. The summed E-state index contributed by atoms with van der Waals surface area (Å²) in [5.41, 5.74) is 6.73. The second kappa shape index (κ2) is 6.02. The van der Waals surface area contributed by atoms with Crippen LogP contribution in [0, 0.1) is 0 Å². The van der Waals surface area contributed by atoms with Crippen LogP contribution in [0.5, 0.6) is 11.5 Å². The fourth-order valence-electron chi connectivity index (χ4n) is 1.56. The van der Waals surface area contributed by atoms with Gasteiger partial charge in [-0.25, -0.2) is 0 Å². The summed E-state index contributed by atoms with van der Waals surface area (Å²) in [5.74, 6) is 0.972. The van der Waals surface area contributed by atoms with Crippen molar-refractivity contribution in [2.45, 2.75) is 13.0 Å². The number of halogens is 3. The Hall–Kier alpha value is -0.930. The molecule has 2 aromatic carbocycles. The highest BCUT2D eigenvalue weighted by molar-refractivity contribution is 6.43. The molecule has 100 valence electrons. The molecule has 1 atom stereocenters. The number of hydrogen-bond acceptors (Lipinski definition) is 2. The van der Waals surface area contributed by atoms with Crippen molar-refractivity contribution in [2.75, 3.05) is 0 Å². The predicted octanol–water partition coefficient (Wildman–Crippen LogP) is 5.46. The van der Waals surface area contributed by atoms with Gasteiger partial charge in [0.1, 0.15) is 16.5 Å². The van der Waals surface area contributed by atoms with E-state index < -0.39 is 0 Å². The summed E-state index contributed by atoms with van der Waals surface area (Å²) in [6, 6.07) is 10.5. The van der Waals surface area contributed by atoms with Gasteiger partial charge >= 0.3 is 0 Å². The molecule has 2 rings (SSSR count). The summed E-state index contributed by atoms with van der Waals surface area (Å²) in [7, 11) is 0. The monoisotopic (exact) mass is 315 g/mol. The van der Waals surface area contributed by atoms with Crippen LogP contribution in [-0.4, -0.2) is 0 Å². The van der Waals surface area contributed by atoms with Gasteiger partial charge in [0.15, 0.2) is 0 Å². The van der Waals surface area contributed by atoms with E-state index in [1.54, 1.807) is 30.3 Å². The van der Waals surface area contributed by atoms with E-state index in [1.807, 2.05) is 13.0 Å². The van der Waals surface area contributed by atoms with Crippen LogP contribution in [0.4, 0.5) is 0 Å². The molecule has 0 fully saturated rings. The van der Waals surface area contributed by atoms with Gasteiger partial charge < -0.3 is 10.5 Å². The molecule has 0 aliphatic heterocycles. The minimum Gasteiger partial charge on any atom is -0.454 e. The maximum absolute atomic E-state index is 6.16. The summed E-state index contributed by atoms with van der Waals surface area (Å²) in [5, 5.41) is 1.27. The van der Waals surface area contributed by atoms with Gasteiger partial charge in [-0.2, -0.15) is 0 Å². The van der Waals surface area contributed by atoms with Crippen molar-refractivity contribution in [3.8, 4) is 11.5 Å². The van der Waals surface area contributed by atoms with Crippen molar-refractivity contribution >= 4 is 34.8 Å². The maximum atomic E-state index is 6.16. The van der Waals surface area contributed by atoms with E-state index in [0.717, 1.165) is 5.56 Å². The molecule has 0 amide bonds. The number of hydrogen-bond donors (Lipinski definition) is 1. The lowest BCUT2D eigenvalue weighted by molar-refractivity contribution is 0.483. The summed E-state index contributed by atoms with van der Waals surface area (Å²) >= 11 is 18.1. The van der Waals surface area contributed by atoms with Crippen molar-refractivity contribution in [3.63, 3.8) is 0 Å². The highest BCUT2D eigenvalue weighted by Gasteiger charge is 2.10. The molecule has 0 aliphatic carbocycles. The zero-order valence-corrected chi connectivity index (χ0v) is 12.4. The maximum Gasteiger partial charge on any atom is 0.147 e. The molecule has 0 unspecified atom stereocenters. The molecule has 0 heterocycles. The van der Waals surface area contributed by atoms with Gasteiger partial charge in [0.05, 0.1) is 10.0 Å². The Morgan fingerprint density at radius 2 is 1.74 bits per heavy atom. The molecule has 0 aliphatic rings. The molecule has 0 bridgehead atoms. The van der Waals surface area contributed by atoms with Gasteiger partial charge in [-0.3, -0.25) is 0 Å². The van der Waals surface area contributed by atoms with Crippen molar-refractivity contribution in [1.82, 2.24) is 0 Å². The minimum atomic E-state index is -0.0821. The van der Waals surface area contributed by atoms with Gasteiger partial charge in [0, 0.05) is 6.04 Å². The van der Waals surface area contributed by atoms with E-state index in [9.17, 15) is 0 Å². The first kappa shape index (κ1) is 14.5. The highest BCUT2D eigenvalue weighted by atomic mass is 35.5. The van der Waals surface area contributed by atoms with E-state index in [4.69, 9.17) is 45.3 Å². The number of rotatable bonds is 3. The minimum absolute atomic E-state index is 0.0821. The van der Waals surface area contributed by atoms with E-state index >= 15 is 0 Å². The normalized spacial score (nSPS) is 12.3. The van der Waals surface area contributed by atoms with Crippen LogP contribution in [0.1, 0.15) is 18.5 Å². The third-order valence-electron chi connectivity index (χ3n) is 2.62. The molecule has 19 heavy (non-hydrogen) atoms. The lowest BCUT2D eigenvalue weighted by Gasteiger charge is -2.12. The molecule has 2 nitrogen and oxygen atoms in total. The lowest BCUT2D eigenvalue weighted by atomic mass is 10.1. The molecule has 2 aromatic rings. The van der Waals surface area contributed by atoms with Crippen molar-refractivity contribution in [3.05, 3.63) is 57.0 Å². The Bertz CT molecular complexity index is 599. The van der Waals surface area contributed by atoms with Crippen molar-refractivity contribution < 1.29 is 4.74 Å². The lowest BCUT2D eigenvalue weighted by Crippen LogP contribution is -2.04. The topological polar surface area (TPSA) is 35.2 Å². The van der Waals surface area contributed by atoms with E-state index in [2.05, 4.69) is 0 Å². The molecule has 0 saturated carbocycles. The average molecular weight is 317 g/mol. The van der Waals surface area contributed by atoms with Crippen LogP contribution in [0.3, 0.4) is 0 Å². The van der Waals surface area contributed by atoms with Gasteiger partial charge in [-0.15, -0.1) is 0 Å². The average Bonchev–Trinajstić information content (AvgIpc) is 2.37. The molecule has 5 heteroatoms. The number of nitrogens with two attached hydrogens (primary N) is 1. The SMILES string of the molecule is C[C@H](N)c1ccc(Oc2cccc(Cl)c2Cl)c(Cl)c1. The van der Waals surface area contributed by atoms with Gasteiger partial charge in [-0.1, -0.05) is 46.9 Å². The number of ether oxygens (including phenoxy) is 1. The van der Waals surface area contributed by atoms with Crippen LogP contribution < -0.4 is 10.5 Å². The third kappa shape index (κ3) is 3.34. The Labute approximate surface area is 127 Å². The molecular weight excluding hydrogens is 305 g/mol. The Kier molecular flexibility index (Phi) is 4.58. The molecule has 0 saturated heterocycles. The second-order valence-electron chi connectivity index (χ2n) is 4.13. The summed E-state index contributed by atoms with van der Waals surface area (Å²) < 4.78 is 5.67. The largest absolute Gasteiger partial charge is 0.454 e. The summed E-state index contributed by atoms with van der Waals surface area (Å²) in [4.78, 5) is 0. The third-order valence-corrected chi connectivity index (χ3v) is 3.71. The molecule has 0 aromatic heterocycles. The summed E-state index contributed by atoms with van der Waals surface area (Å²) in [6.45, 7) is 1.89. The van der Waals surface area contributed by atoms with Crippen LogP contribution >= 0.6 is 34.8 Å². The molecule has 2 N–H and O–H groups in total. The van der Waals surface area contributed by atoms with E-state index in [1.165, 1.54) is 0 Å². The van der Waals surface area contributed by atoms with Crippen LogP contribution in [-0.2, 0) is 0 Å².